The van der Waals surface area contributed by atoms with Gasteiger partial charge in [0.2, 0.25) is 0 Å². The van der Waals surface area contributed by atoms with Crippen LogP contribution >= 0.6 is 27.7 Å². The highest BCUT2D eigenvalue weighted by molar-refractivity contribution is 9.10. The molecule has 1 atom stereocenters. The van der Waals surface area contributed by atoms with Gasteiger partial charge in [0.1, 0.15) is 5.75 Å². The maximum Gasteiger partial charge on any atom is 0.124 e. The van der Waals surface area contributed by atoms with E-state index in [4.69, 9.17) is 4.74 Å². The maximum absolute atomic E-state index is 5.33. The first-order valence-electron chi connectivity index (χ1n) is 5.23. The van der Waals surface area contributed by atoms with Crippen molar-refractivity contribution in [3.8, 4) is 5.75 Å². The van der Waals surface area contributed by atoms with Gasteiger partial charge in [-0.2, -0.15) is 11.8 Å². The Morgan fingerprint density at radius 1 is 1.50 bits per heavy atom. The van der Waals surface area contributed by atoms with E-state index < -0.39 is 0 Å². The van der Waals surface area contributed by atoms with Crippen LogP contribution in [0.2, 0.25) is 0 Å². The van der Waals surface area contributed by atoms with Gasteiger partial charge in [0, 0.05) is 28.4 Å². The van der Waals surface area contributed by atoms with Crippen LogP contribution in [-0.4, -0.2) is 25.2 Å². The lowest BCUT2D eigenvalue weighted by Crippen LogP contribution is -2.22. The van der Waals surface area contributed by atoms with Crippen LogP contribution in [0.25, 0.3) is 0 Å². The highest BCUT2D eigenvalue weighted by Gasteiger charge is 2.04. The van der Waals surface area contributed by atoms with Crippen molar-refractivity contribution in [1.29, 1.82) is 0 Å². The van der Waals surface area contributed by atoms with Gasteiger partial charge >= 0.3 is 0 Å². The van der Waals surface area contributed by atoms with Crippen molar-refractivity contribution in [2.24, 2.45) is 0 Å². The third-order valence-electron chi connectivity index (χ3n) is 2.40. The molecule has 90 valence electrons. The Bertz CT molecular complexity index is 333. The standard InChI is InChI=1S/C12H18BrNOS/c1-9(16-3)7-14-8-10-4-5-11(13)6-12(10)15-2/h4-6,9,14H,7-8H2,1-3H3. The predicted molar refractivity (Wildman–Crippen MR) is 75.4 cm³/mol. The van der Waals surface area contributed by atoms with Crippen LogP contribution in [0.4, 0.5) is 0 Å². The summed E-state index contributed by atoms with van der Waals surface area (Å²) in [5.74, 6) is 0.929. The van der Waals surface area contributed by atoms with Gasteiger partial charge in [0.05, 0.1) is 7.11 Å². The van der Waals surface area contributed by atoms with Gasteiger partial charge in [-0.1, -0.05) is 28.9 Å². The number of benzene rings is 1. The Balaban J connectivity index is 2.53. The zero-order chi connectivity index (χ0) is 12.0. The van der Waals surface area contributed by atoms with E-state index in [1.54, 1.807) is 7.11 Å². The van der Waals surface area contributed by atoms with Crippen LogP contribution in [0.5, 0.6) is 5.75 Å². The Morgan fingerprint density at radius 3 is 2.88 bits per heavy atom. The maximum atomic E-state index is 5.33. The van der Waals surface area contributed by atoms with Crippen molar-refractivity contribution in [1.82, 2.24) is 5.32 Å². The average Bonchev–Trinajstić information content (AvgIpc) is 2.30. The molecular weight excluding hydrogens is 286 g/mol. The molecular formula is C12H18BrNOS. The molecule has 0 fully saturated rings. The van der Waals surface area contributed by atoms with Crippen molar-refractivity contribution in [3.05, 3.63) is 28.2 Å². The second-order valence-electron chi connectivity index (χ2n) is 3.63. The fraction of sp³-hybridized carbons (Fsp3) is 0.500. The highest BCUT2D eigenvalue weighted by atomic mass is 79.9. The molecule has 0 saturated heterocycles. The minimum atomic E-state index is 0.640. The van der Waals surface area contributed by atoms with Crippen LogP contribution < -0.4 is 10.1 Å². The second-order valence-corrected chi connectivity index (χ2v) is 5.83. The summed E-state index contributed by atoms with van der Waals surface area (Å²) in [5, 5.41) is 4.07. The quantitative estimate of drug-likeness (QED) is 0.871. The molecule has 0 amide bonds. The van der Waals surface area contributed by atoms with Crippen molar-refractivity contribution < 1.29 is 4.74 Å². The van der Waals surface area contributed by atoms with Gasteiger partial charge in [-0.05, 0) is 18.4 Å². The summed E-state index contributed by atoms with van der Waals surface area (Å²) in [6, 6.07) is 6.12. The Kier molecular flexibility index (Phi) is 6.24. The molecule has 0 spiro atoms. The molecule has 0 aliphatic heterocycles. The van der Waals surface area contributed by atoms with E-state index in [1.807, 2.05) is 23.9 Å². The minimum Gasteiger partial charge on any atom is -0.496 e. The fourth-order valence-corrected chi connectivity index (χ4v) is 1.98. The third-order valence-corrected chi connectivity index (χ3v) is 3.86. The Morgan fingerprint density at radius 2 is 2.25 bits per heavy atom. The van der Waals surface area contributed by atoms with Gasteiger partial charge in [0.15, 0.2) is 0 Å². The number of thioether (sulfide) groups is 1. The lowest BCUT2D eigenvalue weighted by molar-refractivity contribution is 0.407. The normalized spacial score (nSPS) is 12.5. The third kappa shape index (κ3) is 4.36. The van der Waals surface area contributed by atoms with Crippen molar-refractivity contribution >= 4 is 27.7 Å². The van der Waals surface area contributed by atoms with Crippen LogP contribution in [0.3, 0.4) is 0 Å². The Labute approximate surface area is 110 Å². The van der Waals surface area contributed by atoms with E-state index in [2.05, 4.69) is 40.5 Å². The van der Waals surface area contributed by atoms with Gasteiger partial charge in [-0.15, -0.1) is 0 Å². The first kappa shape index (κ1) is 13.9. The van der Waals surface area contributed by atoms with Crippen molar-refractivity contribution in [2.45, 2.75) is 18.7 Å². The topological polar surface area (TPSA) is 21.3 Å². The number of ether oxygens (including phenoxy) is 1. The number of methoxy groups -OCH3 is 1. The first-order chi connectivity index (χ1) is 7.67. The van der Waals surface area contributed by atoms with Crippen LogP contribution in [-0.2, 0) is 6.54 Å². The number of hydrogen-bond donors (Lipinski definition) is 1. The molecule has 0 radical (unpaired) electrons. The molecule has 0 saturated carbocycles. The molecule has 1 aromatic carbocycles. The average molecular weight is 304 g/mol. The lowest BCUT2D eigenvalue weighted by Gasteiger charge is -2.12. The van der Waals surface area contributed by atoms with Crippen LogP contribution in [0.15, 0.2) is 22.7 Å². The molecule has 0 aromatic heterocycles. The number of halogens is 1. The minimum absolute atomic E-state index is 0.640. The van der Waals surface area contributed by atoms with E-state index in [0.29, 0.717) is 5.25 Å². The van der Waals surface area contributed by atoms with E-state index >= 15 is 0 Å². The second kappa shape index (κ2) is 7.20. The molecule has 0 aliphatic rings. The van der Waals surface area contributed by atoms with Gasteiger partial charge in [-0.25, -0.2) is 0 Å². The molecule has 1 unspecified atom stereocenters. The number of rotatable bonds is 6. The van der Waals surface area contributed by atoms with Gasteiger partial charge in [-0.3, -0.25) is 0 Å². The van der Waals surface area contributed by atoms with Crippen LogP contribution in [0.1, 0.15) is 12.5 Å². The number of hydrogen-bond acceptors (Lipinski definition) is 3. The molecule has 1 N–H and O–H groups in total. The van der Waals surface area contributed by atoms with E-state index in [1.165, 1.54) is 5.56 Å². The zero-order valence-corrected chi connectivity index (χ0v) is 12.3. The summed E-state index contributed by atoms with van der Waals surface area (Å²) in [4.78, 5) is 0. The molecule has 0 heterocycles. The molecule has 1 rings (SSSR count). The number of nitrogens with one attached hydrogen (secondary N) is 1. The first-order valence-corrected chi connectivity index (χ1v) is 7.31. The van der Waals surface area contributed by atoms with Gasteiger partial charge < -0.3 is 10.1 Å². The molecule has 0 aliphatic carbocycles. The largest absolute Gasteiger partial charge is 0.496 e. The summed E-state index contributed by atoms with van der Waals surface area (Å²) < 4.78 is 6.38. The van der Waals surface area contributed by atoms with E-state index in [9.17, 15) is 0 Å². The molecule has 4 heteroatoms. The fourth-order valence-electron chi connectivity index (χ4n) is 1.36. The van der Waals surface area contributed by atoms with Crippen molar-refractivity contribution in [3.63, 3.8) is 0 Å². The zero-order valence-electron chi connectivity index (χ0n) is 9.92. The summed E-state index contributed by atoms with van der Waals surface area (Å²) in [5.41, 5.74) is 1.19. The predicted octanol–water partition coefficient (Wildman–Crippen LogP) is 3.30. The van der Waals surface area contributed by atoms with Crippen molar-refractivity contribution in [2.75, 3.05) is 19.9 Å². The summed E-state index contributed by atoms with van der Waals surface area (Å²) in [6.45, 7) is 4.08. The molecule has 1 aromatic rings. The highest BCUT2D eigenvalue weighted by Crippen LogP contribution is 2.23. The smallest absolute Gasteiger partial charge is 0.124 e. The molecule has 0 bridgehead atoms. The SMILES string of the molecule is COc1cc(Br)ccc1CNCC(C)SC. The summed E-state index contributed by atoms with van der Waals surface area (Å²) >= 11 is 5.31. The molecule has 2 nitrogen and oxygen atoms in total. The molecule has 16 heavy (non-hydrogen) atoms. The van der Waals surface area contributed by atoms with E-state index in [-0.39, 0.29) is 0 Å². The summed E-state index contributed by atoms with van der Waals surface area (Å²) in [7, 11) is 1.70. The Hall–Kier alpha value is -0.190. The van der Waals surface area contributed by atoms with Gasteiger partial charge in [0.25, 0.3) is 0 Å². The monoisotopic (exact) mass is 303 g/mol. The lowest BCUT2D eigenvalue weighted by atomic mass is 10.2. The summed E-state index contributed by atoms with van der Waals surface area (Å²) in [6.07, 6.45) is 2.13. The van der Waals surface area contributed by atoms with E-state index in [0.717, 1.165) is 23.3 Å². The van der Waals surface area contributed by atoms with Crippen LogP contribution in [0, 0.1) is 0 Å².